The molecule has 3 aromatic rings. The molecule has 3 aromatic heterocycles. The van der Waals surface area contributed by atoms with Gasteiger partial charge in [0.25, 0.3) is 11.5 Å². The predicted molar refractivity (Wildman–Crippen MR) is 89.6 cm³/mol. The number of hydrogen-bond donors (Lipinski definition) is 2. The summed E-state index contributed by atoms with van der Waals surface area (Å²) in [5.74, 6) is 0.707. The van der Waals surface area contributed by atoms with Crippen molar-refractivity contribution in [2.75, 3.05) is 19.0 Å². The molecule has 0 bridgehead atoms. The second-order valence-corrected chi connectivity index (χ2v) is 5.20. The van der Waals surface area contributed by atoms with Crippen molar-refractivity contribution >= 4 is 11.7 Å². The first kappa shape index (κ1) is 16.7. The highest BCUT2D eigenvalue weighted by Crippen LogP contribution is 2.23. The lowest BCUT2D eigenvalue weighted by Crippen LogP contribution is -2.21. The number of carbonyl (C=O) groups excluding carboxylic acids is 1. The van der Waals surface area contributed by atoms with E-state index in [2.05, 4.69) is 20.4 Å². The molecule has 0 saturated carbocycles. The molecule has 0 unspecified atom stereocenters. The molecule has 9 heteroatoms. The average Bonchev–Trinajstić information content (AvgIpc) is 3.23. The lowest BCUT2D eigenvalue weighted by Gasteiger charge is -2.08. The average molecular weight is 343 g/mol. The second-order valence-electron chi connectivity index (χ2n) is 5.20. The van der Waals surface area contributed by atoms with Gasteiger partial charge in [0.15, 0.2) is 5.76 Å². The fraction of sp³-hybridized carbons (Fsp3) is 0.250. The van der Waals surface area contributed by atoms with E-state index in [1.54, 1.807) is 18.2 Å². The first-order valence-corrected chi connectivity index (χ1v) is 7.64. The van der Waals surface area contributed by atoms with E-state index < -0.39 is 0 Å². The largest absolute Gasteiger partial charge is 0.463 e. The first-order chi connectivity index (χ1) is 12.1. The number of aryl methyl sites for hydroxylation is 1. The van der Waals surface area contributed by atoms with Crippen LogP contribution in [0.3, 0.4) is 0 Å². The third-order valence-electron chi connectivity index (χ3n) is 3.37. The van der Waals surface area contributed by atoms with Gasteiger partial charge in [0.05, 0.1) is 6.26 Å². The summed E-state index contributed by atoms with van der Waals surface area (Å²) in [6.45, 7) is 1.78. The van der Waals surface area contributed by atoms with E-state index >= 15 is 0 Å². The lowest BCUT2D eigenvalue weighted by molar-refractivity contribution is -0.119. The molecule has 3 rings (SSSR count). The zero-order valence-electron chi connectivity index (χ0n) is 13.8. The Labute approximate surface area is 142 Å². The number of ether oxygens (including phenoxy) is 1. The van der Waals surface area contributed by atoms with Crippen molar-refractivity contribution in [2.24, 2.45) is 0 Å². The van der Waals surface area contributed by atoms with E-state index in [-0.39, 0.29) is 24.0 Å². The molecule has 0 aromatic carbocycles. The van der Waals surface area contributed by atoms with Crippen LogP contribution in [0.15, 0.2) is 39.7 Å². The third-order valence-corrected chi connectivity index (χ3v) is 3.37. The summed E-state index contributed by atoms with van der Waals surface area (Å²) in [6, 6.07) is 6.52. The highest BCUT2D eigenvalue weighted by Gasteiger charge is 2.17. The van der Waals surface area contributed by atoms with Crippen molar-refractivity contribution in [1.82, 2.24) is 19.7 Å². The van der Waals surface area contributed by atoms with Crippen LogP contribution in [0, 0.1) is 0 Å². The minimum Gasteiger partial charge on any atom is -0.463 e. The summed E-state index contributed by atoms with van der Waals surface area (Å²) >= 11 is 0. The molecule has 0 aliphatic carbocycles. The van der Waals surface area contributed by atoms with E-state index in [9.17, 15) is 9.59 Å². The Bertz CT molecular complexity index is 926. The molecular formula is C16H17N5O4. The molecule has 0 aliphatic rings. The van der Waals surface area contributed by atoms with Crippen LogP contribution in [-0.2, 0) is 16.0 Å². The van der Waals surface area contributed by atoms with Gasteiger partial charge >= 0.3 is 0 Å². The monoisotopic (exact) mass is 343 g/mol. The molecule has 130 valence electrons. The number of rotatable bonds is 6. The maximum absolute atomic E-state index is 11.9. The highest BCUT2D eigenvalue weighted by molar-refractivity contribution is 5.91. The smallest absolute Gasteiger partial charge is 0.252 e. The minimum absolute atomic E-state index is 0.111. The van der Waals surface area contributed by atoms with Crippen LogP contribution in [0.4, 0.5) is 5.82 Å². The second kappa shape index (κ2) is 7.14. The molecular weight excluding hydrogens is 326 g/mol. The first-order valence-electron chi connectivity index (χ1n) is 7.64. The van der Waals surface area contributed by atoms with E-state index in [0.29, 0.717) is 29.4 Å². The number of anilines is 1. The quantitative estimate of drug-likeness (QED) is 0.698. The van der Waals surface area contributed by atoms with Crippen LogP contribution >= 0.6 is 0 Å². The Kier molecular flexibility index (Phi) is 4.75. The Hall–Kier alpha value is -3.20. The van der Waals surface area contributed by atoms with Gasteiger partial charge in [0.1, 0.15) is 18.1 Å². The number of furan rings is 1. The summed E-state index contributed by atoms with van der Waals surface area (Å²) in [6.07, 6.45) is 2.12. The maximum atomic E-state index is 11.9. The molecule has 2 N–H and O–H groups in total. The van der Waals surface area contributed by atoms with Crippen LogP contribution in [-0.4, -0.2) is 39.4 Å². The van der Waals surface area contributed by atoms with Gasteiger partial charge in [0, 0.05) is 24.9 Å². The number of nitrogens with one attached hydrogen (secondary N) is 2. The number of methoxy groups -OCH3 is 1. The van der Waals surface area contributed by atoms with Crippen LogP contribution < -0.4 is 10.9 Å². The van der Waals surface area contributed by atoms with E-state index in [1.807, 2.05) is 6.92 Å². The van der Waals surface area contributed by atoms with Crippen molar-refractivity contribution in [1.29, 1.82) is 0 Å². The fourth-order valence-corrected chi connectivity index (χ4v) is 2.26. The Balaban J connectivity index is 2.08. The number of nitrogens with zero attached hydrogens (tertiary/aromatic N) is 3. The standard InChI is InChI=1S/C16H17N5O4/c1-3-10-7-14(22)19-16(17-10)21-13(18-15(23)9-24-2)8-11(20-21)12-5-4-6-25-12/h4-8H,3,9H2,1-2H3,(H,18,23)(H,17,19,22). The van der Waals surface area contributed by atoms with Crippen molar-refractivity contribution in [2.45, 2.75) is 13.3 Å². The van der Waals surface area contributed by atoms with Gasteiger partial charge in [-0.25, -0.2) is 4.98 Å². The highest BCUT2D eigenvalue weighted by atomic mass is 16.5. The summed E-state index contributed by atoms with van der Waals surface area (Å²) in [5, 5.41) is 7.07. The van der Waals surface area contributed by atoms with Crippen LogP contribution in [0.5, 0.6) is 0 Å². The zero-order chi connectivity index (χ0) is 17.8. The molecule has 3 heterocycles. The lowest BCUT2D eigenvalue weighted by atomic mass is 10.3. The van der Waals surface area contributed by atoms with Gasteiger partial charge in [-0.1, -0.05) is 6.92 Å². The van der Waals surface area contributed by atoms with Crippen molar-refractivity contribution < 1.29 is 13.9 Å². The number of aromatic amines is 1. The van der Waals surface area contributed by atoms with Gasteiger partial charge in [-0.15, -0.1) is 0 Å². The van der Waals surface area contributed by atoms with E-state index in [0.717, 1.165) is 0 Å². The van der Waals surface area contributed by atoms with Crippen molar-refractivity contribution in [3.8, 4) is 17.4 Å². The summed E-state index contributed by atoms with van der Waals surface area (Å²) in [4.78, 5) is 30.7. The van der Waals surface area contributed by atoms with Crippen LogP contribution in [0.1, 0.15) is 12.6 Å². The topological polar surface area (TPSA) is 115 Å². The summed E-state index contributed by atoms with van der Waals surface area (Å²) < 4.78 is 11.5. The molecule has 1 amide bonds. The van der Waals surface area contributed by atoms with Gasteiger partial charge in [-0.2, -0.15) is 9.78 Å². The number of H-pyrrole nitrogens is 1. The van der Waals surface area contributed by atoms with Crippen molar-refractivity contribution in [3.05, 3.63) is 46.6 Å². The van der Waals surface area contributed by atoms with E-state index in [1.165, 1.54) is 24.1 Å². The molecule has 0 fully saturated rings. The van der Waals surface area contributed by atoms with Gasteiger partial charge in [-0.05, 0) is 18.6 Å². The molecule has 0 saturated heterocycles. The normalized spacial score (nSPS) is 10.8. The SMILES string of the molecule is CCc1cc(=O)[nH]c(-n2nc(-c3ccco3)cc2NC(=O)COC)n1. The maximum Gasteiger partial charge on any atom is 0.252 e. The number of aromatic nitrogens is 4. The Morgan fingerprint density at radius 3 is 2.96 bits per heavy atom. The third kappa shape index (κ3) is 3.66. The zero-order valence-corrected chi connectivity index (χ0v) is 13.8. The van der Waals surface area contributed by atoms with Gasteiger partial charge < -0.3 is 14.5 Å². The van der Waals surface area contributed by atoms with Gasteiger partial charge in [-0.3, -0.25) is 14.6 Å². The summed E-state index contributed by atoms with van der Waals surface area (Å²) in [5.41, 5.74) is 0.802. The molecule has 0 aliphatic heterocycles. The van der Waals surface area contributed by atoms with Gasteiger partial charge in [0.2, 0.25) is 5.95 Å². The Morgan fingerprint density at radius 2 is 2.28 bits per heavy atom. The molecule has 9 nitrogen and oxygen atoms in total. The molecule has 0 atom stereocenters. The molecule has 0 spiro atoms. The number of amides is 1. The molecule has 25 heavy (non-hydrogen) atoms. The van der Waals surface area contributed by atoms with Crippen LogP contribution in [0.25, 0.3) is 17.4 Å². The van der Waals surface area contributed by atoms with Crippen LogP contribution in [0.2, 0.25) is 0 Å². The number of carbonyl (C=O) groups is 1. The number of hydrogen-bond acceptors (Lipinski definition) is 6. The van der Waals surface area contributed by atoms with Crippen molar-refractivity contribution in [3.63, 3.8) is 0 Å². The minimum atomic E-state index is -0.358. The molecule has 0 radical (unpaired) electrons. The Morgan fingerprint density at radius 1 is 1.44 bits per heavy atom. The summed E-state index contributed by atoms with van der Waals surface area (Å²) in [7, 11) is 1.43. The van der Waals surface area contributed by atoms with E-state index in [4.69, 9.17) is 9.15 Å². The fourth-order valence-electron chi connectivity index (χ4n) is 2.26. The predicted octanol–water partition coefficient (Wildman–Crippen LogP) is 1.36.